The molecule has 2 aromatic rings. The molecule has 0 bridgehead atoms. The van der Waals surface area contributed by atoms with Crippen molar-refractivity contribution in [3.63, 3.8) is 0 Å². The maximum absolute atomic E-state index is 12.5. The van der Waals surface area contributed by atoms with Crippen molar-refractivity contribution in [3.8, 4) is 0 Å². The third-order valence-electron chi connectivity index (χ3n) is 3.30. The average Bonchev–Trinajstić information content (AvgIpc) is 2.85. The standard InChI is InChI=1S/C16H11BrN2O4S/c17-12-8-6-11(7-9-12)10-14-15(20)19(16(21)18-14)24(22,23)13-4-2-1-3-5-13/h1-10H,(H,18,21)/b14-10-. The van der Waals surface area contributed by atoms with Crippen LogP contribution in [-0.2, 0) is 14.8 Å². The van der Waals surface area contributed by atoms with Crippen LogP contribution < -0.4 is 5.32 Å². The van der Waals surface area contributed by atoms with Crippen molar-refractivity contribution in [1.82, 2.24) is 9.62 Å². The fourth-order valence-electron chi connectivity index (χ4n) is 2.16. The van der Waals surface area contributed by atoms with E-state index >= 15 is 0 Å². The van der Waals surface area contributed by atoms with Crippen LogP contribution in [-0.4, -0.2) is 24.7 Å². The minimum atomic E-state index is -4.25. The van der Waals surface area contributed by atoms with Gasteiger partial charge < -0.3 is 5.32 Å². The number of imide groups is 1. The largest absolute Gasteiger partial charge is 0.343 e. The first-order valence-corrected chi connectivity index (χ1v) is 9.06. The van der Waals surface area contributed by atoms with Crippen molar-refractivity contribution in [2.45, 2.75) is 4.90 Å². The van der Waals surface area contributed by atoms with Gasteiger partial charge in [-0.1, -0.05) is 46.3 Å². The van der Waals surface area contributed by atoms with E-state index in [1.807, 2.05) is 0 Å². The maximum Gasteiger partial charge on any atom is 0.343 e. The number of halogens is 1. The Bertz CT molecular complexity index is 938. The number of benzene rings is 2. The normalized spacial score (nSPS) is 16.5. The number of hydrogen-bond acceptors (Lipinski definition) is 4. The second kappa shape index (κ2) is 6.21. The number of rotatable bonds is 3. The van der Waals surface area contributed by atoms with Gasteiger partial charge in [0.2, 0.25) is 0 Å². The molecule has 3 rings (SSSR count). The van der Waals surface area contributed by atoms with Gasteiger partial charge in [0, 0.05) is 4.47 Å². The van der Waals surface area contributed by atoms with E-state index in [9.17, 15) is 18.0 Å². The first kappa shape index (κ1) is 16.4. The van der Waals surface area contributed by atoms with Crippen molar-refractivity contribution in [2.75, 3.05) is 0 Å². The molecule has 0 aliphatic carbocycles. The van der Waals surface area contributed by atoms with Crippen LogP contribution in [0.1, 0.15) is 5.56 Å². The number of hydrogen-bond donors (Lipinski definition) is 1. The molecule has 2 aromatic carbocycles. The van der Waals surface area contributed by atoms with Gasteiger partial charge in [-0.15, -0.1) is 4.31 Å². The van der Waals surface area contributed by atoms with Gasteiger partial charge in [-0.3, -0.25) is 4.79 Å². The Hall–Kier alpha value is -2.45. The zero-order chi connectivity index (χ0) is 17.3. The second-order valence-electron chi connectivity index (χ2n) is 4.93. The van der Waals surface area contributed by atoms with E-state index in [1.54, 1.807) is 30.3 Å². The molecule has 1 aliphatic rings. The number of carbonyl (C=O) groups excluding carboxylic acids is 2. The monoisotopic (exact) mass is 406 g/mol. The highest BCUT2D eigenvalue weighted by Gasteiger charge is 2.43. The number of nitrogens with one attached hydrogen (secondary N) is 1. The summed E-state index contributed by atoms with van der Waals surface area (Å²) < 4.78 is 26.1. The van der Waals surface area contributed by atoms with Crippen LogP contribution in [0.15, 0.2) is 69.7 Å². The summed E-state index contributed by atoms with van der Waals surface area (Å²) in [6.45, 7) is 0. The first-order chi connectivity index (χ1) is 11.4. The lowest BCUT2D eigenvalue weighted by Crippen LogP contribution is -2.36. The number of sulfonamides is 1. The Morgan fingerprint density at radius 3 is 2.21 bits per heavy atom. The van der Waals surface area contributed by atoms with Gasteiger partial charge in [-0.05, 0) is 35.9 Å². The molecular weight excluding hydrogens is 396 g/mol. The Kier molecular flexibility index (Phi) is 4.25. The smallest absolute Gasteiger partial charge is 0.302 e. The number of nitrogens with zero attached hydrogens (tertiary/aromatic N) is 1. The van der Waals surface area contributed by atoms with E-state index in [-0.39, 0.29) is 14.9 Å². The molecular formula is C16H11BrN2O4S. The predicted molar refractivity (Wildman–Crippen MR) is 91.1 cm³/mol. The van der Waals surface area contributed by atoms with Gasteiger partial charge in [-0.25, -0.2) is 13.2 Å². The quantitative estimate of drug-likeness (QED) is 0.627. The van der Waals surface area contributed by atoms with E-state index in [0.29, 0.717) is 5.56 Å². The Morgan fingerprint density at radius 1 is 0.958 bits per heavy atom. The third kappa shape index (κ3) is 2.98. The molecule has 0 unspecified atom stereocenters. The highest BCUT2D eigenvalue weighted by atomic mass is 79.9. The lowest BCUT2D eigenvalue weighted by molar-refractivity contribution is -0.119. The van der Waals surface area contributed by atoms with Gasteiger partial charge in [-0.2, -0.15) is 0 Å². The topological polar surface area (TPSA) is 83.6 Å². The van der Waals surface area contributed by atoms with Crippen LogP contribution in [0.2, 0.25) is 0 Å². The van der Waals surface area contributed by atoms with Crippen LogP contribution in [0.25, 0.3) is 6.08 Å². The van der Waals surface area contributed by atoms with Crippen molar-refractivity contribution in [1.29, 1.82) is 0 Å². The van der Waals surface area contributed by atoms with Crippen molar-refractivity contribution >= 4 is 44.0 Å². The molecule has 1 heterocycles. The summed E-state index contributed by atoms with van der Waals surface area (Å²) in [7, 11) is -4.25. The first-order valence-electron chi connectivity index (χ1n) is 6.82. The molecule has 1 aliphatic heterocycles. The molecule has 122 valence electrons. The van der Waals surface area contributed by atoms with Gasteiger partial charge in [0.1, 0.15) is 5.70 Å². The summed E-state index contributed by atoms with van der Waals surface area (Å²) in [5.41, 5.74) is 0.558. The maximum atomic E-state index is 12.5. The summed E-state index contributed by atoms with van der Waals surface area (Å²) >= 11 is 3.30. The zero-order valence-corrected chi connectivity index (χ0v) is 14.5. The fraction of sp³-hybridized carbons (Fsp3) is 0. The van der Waals surface area contributed by atoms with E-state index < -0.39 is 22.0 Å². The summed E-state index contributed by atoms with van der Waals surface area (Å²) in [5, 5.41) is 2.30. The molecule has 8 heteroatoms. The number of amides is 3. The lowest BCUT2D eigenvalue weighted by atomic mass is 10.2. The van der Waals surface area contributed by atoms with Crippen molar-refractivity contribution in [3.05, 3.63) is 70.3 Å². The third-order valence-corrected chi connectivity index (χ3v) is 5.51. The molecule has 1 saturated heterocycles. The lowest BCUT2D eigenvalue weighted by Gasteiger charge is -2.12. The van der Waals surface area contributed by atoms with E-state index in [2.05, 4.69) is 21.2 Å². The van der Waals surface area contributed by atoms with Crippen LogP contribution in [0.3, 0.4) is 0 Å². The highest BCUT2D eigenvalue weighted by Crippen LogP contribution is 2.23. The van der Waals surface area contributed by atoms with E-state index in [0.717, 1.165) is 4.47 Å². The molecule has 1 fully saturated rings. The summed E-state index contributed by atoms with van der Waals surface area (Å²) in [6, 6.07) is 13.3. The van der Waals surface area contributed by atoms with Crippen LogP contribution >= 0.6 is 15.9 Å². The summed E-state index contributed by atoms with van der Waals surface area (Å²) in [6.07, 6.45) is 1.42. The zero-order valence-electron chi connectivity index (χ0n) is 12.1. The number of carbonyl (C=O) groups is 2. The van der Waals surface area contributed by atoms with Gasteiger partial charge >= 0.3 is 6.03 Å². The van der Waals surface area contributed by atoms with E-state index in [4.69, 9.17) is 0 Å². The second-order valence-corrected chi connectivity index (χ2v) is 7.63. The molecule has 0 spiro atoms. The Morgan fingerprint density at radius 2 is 1.58 bits per heavy atom. The number of urea groups is 1. The van der Waals surface area contributed by atoms with E-state index in [1.165, 1.54) is 30.3 Å². The van der Waals surface area contributed by atoms with Crippen molar-refractivity contribution < 1.29 is 18.0 Å². The highest BCUT2D eigenvalue weighted by molar-refractivity contribution is 9.10. The minimum Gasteiger partial charge on any atom is -0.302 e. The Balaban J connectivity index is 1.96. The molecule has 0 aromatic heterocycles. The average molecular weight is 407 g/mol. The predicted octanol–water partition coefficient (Wildman–Crippen LogP) is 2.73. The van der Waals surface area contributed by atoms with Gasteiger partial charge in [0.05, 0.1) is 4.90 Å². The molecule has 3 amide bonds. The van der Waals surface area contributed by atoms with Crippen LogP contribution in [0.5, 0.6) is 0 Å². The van der Waals surface area contributed by atoms with Gasteiger partial charge in [0.25, 0.3) is 15.9 Å². The SMILES string of the molecule is O=C1N/C(=C\c2ccc(Br)cc2)C(=O)N1S(=O)(=O)c1ccccc1. The molecule has 1 N–H and O–H groups in total. The summed E-state index contributed by atoms with van der Waals surface area (Å²) in [4.78, 5) is 24.3. The van der Waals surface area contributed by atoms with Crippen LogP contribution in [0, 0.1) is 0 Å². The molecule has 24 heavy (non-hydrogen) atoms. The summed E-state index contributed by atoms with van der Waals surface area (Å²) in [5.74, 6) is -0.910. The fourth-order valence-corrected chi connectivity index (χ4v) is 3.72. The molecule has 0 saturated carbocycles. The van der Waals surface area contributed by atoms with Gasteiger partial charge in [0.15, 0.2) is 0 Å². The van der Waals surface area contributed by atoms with Crippen LogP contribution in [0.4, 0.5) is 4.79 Å². The minimum absolute atomic E-state index is 0.0955. The Labute approximate surface area is 147 Å². The molecule has 0 atom stereocenters. The van der Waals surface area contributed by atoms with Crippen molar-refractivity contribution in [2.24, 2.45) is 0 Å². The molecule has 0 radical (unpaired) electrons. The molecule has 6 nitrogen and oxygen atoms in total.